The van der Waals surface area contributed by atoms with Crippen molar-refractivity contribution in [2.45, 2.75) is 56.8 Å². The van der Waals surface area contributed by atoms with Gasteiger partial charge in [0, 0.05) is 12.0 Å². The van der Waals surface area contributed by atoms with Gasteiger partial charge in [-0.15, -0.1) is 0 Å². The molecule has 0 aliphatic heterocycles. The van der Waals surface area contributed by atoms with E-state index in [2.05, 4.69) is 36.6 Å². The Morgan fingerprint density at radius 3 is 2.74 bits per heavy atom. The highest BCUT2D eigenvalue weighted by Crippen LogP contribution is 2.44. The maximum Gasteiger partial charge on any atom is 0.00831 e. The molecular formula is C18H27N. The van der Waals surface area contributed by atoms with Crippen LogP contribution in [-0.4, -0.2) is 13.6 Å². The average Bonchev–Trinajstić information content (AvgIpc) is 2.92. The first-order chi connectivity index (χ1) is 9.34. The molecule has 0 radical (unpaired) electrons. The first-order valence-corrected chi connectivity index (χ1v) is 8.07. The summed E-state index contributed by atoms with van der Waals surface area (Å²) in [4.78, 5) is 0. The summed E-state index contributed by atoms with van der Waals surface area (Å²) < 4.78 is 0. The van der Waals surface area contributed by atoms with Crippen LogP contribution in [0.25, 0.3) is 0 Å². The smallest absolute Gasteiger partial charge is 0.00831 e. The van der Waals surface area contributed by atoms with Crippen molar-refractivity contribution in [1.29, 1.82) is 0 Å². The van der Waals surface area contributed by atoms with Gasteiger partial charge in [0.15, 0.2) is 0 Å². The predicted octanol–water partition coefficient (Wildman–Crippen LogP) is 4.06. The Bertz CT molecular complexity index is 419. The fourth-order valence-electron chi connectivity index (χ4n) is 4.58. The molecule has 1 heteroatoms. The summed E-state index contributed by atoms with van der Waals surface area (Å²) in [5.74, 6) is 0.972. The Balaban J connectivity index is 1.91. The van der Waals surface area contributed by atoms with Crippen molar-refractivity contribution in [3.8, 4) is 0 Å². The number of hydrogen-bond acceptors (Lipinski definition) is 1. The molecule has 0 spiro atoms. The summed E-state index contributed by atoms with van der Waals surface area (Å²) in [5, 5.41) is 3.49. The third-order valence-corrected chi connectivity index (χ3v) is 5.36. The predicted molar refractivity (Wildman–Crippen MR) is 81.6 cm³/mol. The summed E-state index contributed by atoms with van der Waals surface area (Å²) in [6, 6.07) is 9.21. The van der Waals surface area contributed by atoms with Gasteiger partial charge in [-0.1, -0.05) is 49.9 Å². The van der Waals surface area contributed by atoms with Gasteiger partial charge < -0.3 is 5.32 Å². The number of hydrogen-bond donors (Lipinski definition) is 1. The topological polar surface area (TPSA) is 12.0 Å². The Morgan fingerprint density at radius 1 is 1.16 bits per heavy atom. The minimum absolute atomic E-state index is 0.415. The lowest BCUT2D eigenvalue weighted by molar-refractivity contribution is 0.271. The zero-order valence-electron chi connectivity index (χ0n) is 12.3. The molecule has 1 atom stereocenters. The number of likely N-dealkylation sites (N-methyl/N-ethyl adjacent to an activating group) is 1. The number of rotatable bonds is 4. The van der Waals surface area contributed by atoms with E-state index in [0.29, 0.717) is 5.41 Å². The molecule has 2 aliphatic rings. The van der Waals surface area contributed by atoms with Crippen LogP contribution in [-0.2, 0) is 11.8 Å². The first kappa shape index (κ1) is 13.2. The highest BCUT2D eigenvalue weighted by atomic mass is 14.8. The van der Waals surface area contributed by atoms with Gasteiger partial charge in [-0.25, -0.2) is 0 Å². The summed E-state index contributed by atoms with van der Waals surface area (Å²) in [7, 11) is 2.12. The van der Waals surface area contributed by atoms with Crippen molar-refractivity contribution in [2.75, 3.05) is 13.6 Å². The quantitative estimate of drug-likeness (QED) is 0.857. The molecule has 1 nitrogen and oxygen atoms in total. The Labute approximate surface area is 117 Å². The van der Waals surface area contributed by atoms with Crippen molar-refractivity contribution in [1.82, 2.24) is 5.32 Å². The fourth-order valence-corrected chi connectivity index (χ4v) is 4.58. The zero-order valence-corrected chi connectivity index (χ0v) is 12.3. The number of benzene rings is 1. The number of fused-ring (bicyclic) bond motifs is 1. The van der Waals surface area contributed by atoms with E-state index in [1.165, 1.54) is 51.4 Å². The van der Waals surface area contributed by atoms with Crippen LogP contribution in [0.4, 0.5) is 0 Å². The van der Waals surface area contributed by atoms with Gasteiger partial charge >= 0.3 is 0 Å². The zero-order chi connectivity index (χ0) is 13.1. The Morgan fingerprint density at radius 2 is 1.95 bits per heavy atom. The lowest BCUT2D eigenvalue weighted by Crippen LogP contribution is -2.41. The van der Waals surface area contributed by atoms with Gasteiger partial charge in [0.05, 0.1) is 0 Å². The standard InChI is InChI=1S/C18H27N/c1-19-14-18(13-15-7-2-3-8-15)12-6-10-16-9-4-5-11-17(16)18/h4-5,9,11,15,19H,2-3,6-8,10,12-14H2,1H3. The second kappa shape index (κ2) is 5.66. The largest absolute Gasteiger partial charge is 0.319 e. The van der Waals surface area contributed by atoms with Gasteiger partial charge in [-0.3, -0.25) is 0 Å². The van der Waals surface area contributed by atoms with Crippen molar-refractivity contribution in [3.63, 3.8) is 0 Å². The number of aryl methyl sites for hydroxylation is 1. The van der Waals surface area contributed by atoms with Crippen LogP contribution in [0.1, 0.15) is 56.1 Å². The molecule has 0 aromatic heterocycles. The van der Waals surface area contributed by atoms with Crippen LogP contribution in [0.5, 0.6) is 0 Å². The fraction of sp³-hybridized carbons (Fsp3) is 0.667. The van der Waals surface area contributed by atoms with E-state index in [0.717, 1.165) is 12.5 Å². The normalized spacial score (nSPS) is 27.4. The van der Waals surface area contributed by atoms with Crippen LogP contribution in [0.3, 0.4) is 0 Å². The summed E-state index contributed by atoms with van der Waals surface area (Å²) >= 11 is 0. The first-order valence-electron chi connectivity index (χ1n) is 8.07. The molecule has 1 aromatic carbocycles. The molecule has 0 saturated heterocycles. The minimum Gasteiger partial charge on any atom is -0.319 e. The van der Waals surface area contributed by atoms with Crippen molar-refractivity contribution >= 4 is 0 Å². The van der Waals surface area contributed by atoms with Crippen LogP contribution < -0.4 is 5.32 Å². The second-order valence-corrected chi connectivity index (χ2v) is 6.68. The molecule has 19 heavy (non-hydrogen) atoms. The Hall–Kier alpha value is -0.820. The molecule has 2 aliphatic carbocycles. The van der Waals surface area contributed by atoms with Gasteiger partial charge in [-0.05, 0) is 49.8 Å². The molecule has 0 bridgehead atoms. The van der Waals surface area contributed by atoms with Crippen molar-refractivity contribution in [2.24, 2.45) is 5.92 Å². The van der Waals surface area contributed by atoms with Crippen LogP contribution in [0.15, 0.2) is 24.3 Å². The van der Waals surface area contributed by atoms with E-state index in [-0.39, 0.29) is 0 Å². The minimum atomic E-state index is 0.415. The van der Waals surface area contributed by atoms with Crippen molar-refractivity contribution < 1.29 is 0 Å². The molecule has 3 rings (SSSR count). The van der Waals surface area contributed by atoms with Crippen LogP contribution >= 0.6 is 0 Å². The van der Waals surface area contributed by atoms with Gasteiger partial charge in [-0.2, -0.15) is 0 Å². The lowest BCUT2D eigenvalue weighted by atomic mass is 9.65. The molecule has 0 heterocycles. The molecule has 1 fully saturated rings. The Kier molecular flexibility index (Phi) is 3.93. The maximum absolute atomic E-state index is 3.49. The molecule has 1 N–H and O–H groups in total. The molecular weight excluding hydrogens is 230 g/mol. The SMILES string of the molecule is CNCC1(CC2CCCC2)CCCc2ccccc21. The summed E-state index contributed by atoms with van der Waals surface area (Å²) in [5.41, 5.74) is 3.68. The molecule has 1 aromatic rings. The summed E-state index contributed by atoms with van der Waals surface area (Å²) in [6.07, 6.45) is 11.3. The summed E-state index contributed by atoms with van der Waals surface area (Å²) in [6.45, 7) is 1.15. The van der Waals surface area contributed by atoms with E-state index in [1.807, 2.05) is 0 Å². The average molecular weight is 257 g/mol. The van der Waals surface area contributed by atoms with E-state index in [4.69, 9.17) is 0 Å². The highest BCUT2D eigenvalue weighted by Gasteiger charge is 2.38. The molecule has 1 saturated carbocycles. The van der Waals surface area contributed by atoms with Crippen LogP contribution in [0, 0.1) is 5.92 Å². The van der Waals surface area contributed by atoms with Gasteiger partial charge in [0.2, 0.25) is 0 Å². The molecule has 104 valence electrons. The molecule has 1 unspecified atom stereocenters. The van der Waals surface area contributed by atoms with E-state index in [9.17, 15) is 0 Å². The third-order valence-electron chi connectivity index (χ3n) is 5.36. The van der Waals surface area contributed by atoms with Crippen molar-refractivity contribution in [3.05, 3.63) is 35.4 Å². The maximum atomic E-state index is 3.49. The molecule has 0 amide bonds. The van der Waals surface area contributed by atoms with E-state index < -0.39 is 0 Å². The number of nitrogens with one attached hydrogen (secondary N) is 1. The third kappa shape index (κ3) is 2.58. The monoisotopic (exact) mass is 257 g/mol. The second-order valence-electron chi connectivity index (χ2n) is 6.68. The van der Waals surface area contributed by atoms with Crippen LogP contribution in [0.2, 0.25) is 0 Å². The van der Waals surface area contributed by atoms with Gasteiger partial charge in [0.25, 0.3) is 0 Å². The highest BCUT2D eigenvalue weighted by molar-refractivity contribution is 5.37. The van der Waals surface area contributed by atoms with E-state index in [1.54, 1.807) is 11.1 Å². The lowest BCUT2D eigenvalue weighted by Gasteiger charge is -2.41. The van der Waals surface area contributed by atoms with E-state index >= 15 is 0 Å². The van der Waals surface area contributed by atoms with Gasteiger partial charge in [0.1, 0.15) is 0 Å².